The fraction of sp³-hybridized carbons (Fsp3) is 0.467. The zero-order chi connectivity index (χ0) is 13.3. The van der Waals surface area contributed by atoms with E-state index in [9.17, 15) is 4.39 Å². The molecule has 0 saturated carbocycles. The van der Waals surface area contributed by atoms with Crippen LogP contribution in [0.25, 0.3) is 5.57 Å². The third-order valence-electron chi connectivity index (χ3n) is 3.60. The van der Waals surface area contributed by atoms with Crippen molar-refractivity contribution in [2.75, 3.05) is 5.33 Å². The molecule has 0 atom stereocenters. The number of benzene rings is 1. The van der Waals surface area contributed by atoms with Crippen LogP contribution in [0.5, 0.6) is 0 Å². The van der Waals surface area contributed by atoms with Crippen molar-refractivity contribution >= 4 is 33.1 Å². The number of allylic oxidation sites excluding steroid dienone is 2. The first kappa shape index (κ1) is 14.1. The monoisotopic (exact) mass is 330 g/mol. The molecule has 0 aromatic heterocycles. The van der Waals surface area contributed by atoms with Crippen molar-refractivity contribution in [2.45, 2.75) is 33.1 Å². The van der Waals surface area contributed by atoms with E-state index in [-0.39, 0.29) is 11.2 Å². The van der Waals surface area contributed by atoms with Gasteiger partial charge in [0.25, 0.3) is 0 Å². The van der Waals surface area contributed by atoms with E-state index in [2.05, 4.69) is 29.8 Å². The Labute approximate surface area is 121 Å². The molecule has 1 aromatic carbocycles. The van der Waals surface area contributed by atoms with E-state index in [4.69, 9.17) is 11.6 Å². The van der Waals surface area contributed by atoms with Gasteiger partial charge >= 0.3 is 0 Å². The third kappa shape index (κ3) is 2.97. The largest absolute Gasteiger partial charge is 0.206 e. The lowest BCUT2D eigenvalue weighted by molar-refractivity contribution is 0.332. The lowest BCUT2D eigenvalue weighted by atomic mass is 9.73. The molecule has 0 N–H and O–H groups in total. The lowest BCUT2D eigenvalue weighted by Gasteiger charge is -2.33. The van der Waals surface area contributed by atoms with Crippen LogP contribution in [0, 0.1) is 11.2 Å². The molecule has 18 heavy (non-hydrogen) atoms. The van der Waals surface area contributed by atoms with Crippen LogP contribution in [0.15, 0.2) is 23.8 Å². The molecule has 0 aliphatic heterocycles. The van der Waals surface area contributed by atoms with Gasteiger partial charge in [-0.25, -0.2) is 4.39 Å². The maximum absolute atomic E-state index is 14.1. The number of rotatable bonds is 2. The molecule has 2 rings (SSSR count). The first-order valence-electron chi connectivity index (χ1n) is 6.15. The van der Waals surface area contributed by atoms with Gasteiger partial charge in [0.05, 0.1) is 0 Å². The fourth-order valence-corrected chi connectivity index (χ4v) is 3.28. The summed E-state index contributed by atoms with van der Waals surface area (Å²) >= 11 is 9.34. The normalized spacial score (nSPS) is 19.2. The Kier molecular flexibility index (Phi) is 4.18. The molecule has 98 valence electrons. The van der Waals surface area contributed by atoms with Crippen molar-refractivity contribution in [3.05, 3.63) is 40.2 Å². The molecule has 0 unspecified atom stereocenters. The van der Waals surface area contributed by atoms with E-state index in [0.29, 0.717) is 10.6 Å². The highest BCUT2D eigenvalue weighted by molar-refractivity contribution is 9.09. The second-order valence-electron chi connectivity index (χ2n) is 5.68. The minimum absolute atomic E-state index is 0.214. The molecule has 0 fully saturated rings. The van der Waals surface area contributed by atoms with Gasteiger partial charge < -0.3 is 0 Å². The maximum atomic E-state index is 14.1. The predicted molar refractivity (Wildman–Crippen MR) is 79.8 cm³/mol. The van der Waals surface area contributed by atoms with Crippen LogP contribution in [0.4, 0.5) is 4.39 Å². The number of halogens is 3. The van der Waals surface area contributed by atoms with Crippen molar-refractivity contribution in [3.63, 3.8) is 0 Å². The van der Waals surface area contributed by atoms with E-state index in [1.165, 1.54) is 11.6 Å². The van der Waals surface area contributed by atoms with Gasteiger partial charge in [-0.15, -0.1) is 0 Å². The molecular weight excluding hydrogens is 315 g/mol. The van der Waals surface area contributed by atoms with Crippen LogP contribution in [-0.4, -0.2) is 5.33 Å². The summed E-state index contributed by atoms with van der Waals surface area (Å²) in [5.74, 6) is -0.214. The SMILES string of the molecule is CC1(C)CCC(CBr)=C(c2ccc(Cl)cc2F)C1. The maximum Gasteiger partial charge on any atom is 0.132 e. The van der Waals surface area contributed by atoms with Crippen molar-refractivity contribution in [3.8, 4) is 0 Å². The van der Waals surface area contributed by atoms with Crippen LogP contribution in [-0.2, 0) is 0 Å². The van der Waals surface area contributed by atoms with Crippen molar-refractivity contribution in [1.29, 1.82) is 0 Å². The number of alkyl halides is 1. The molecule has 0 spiro atoms. The van der Waals surface area contributed by atoms with Gasteiger partial charge in [0.1, 0.15) is 5.82 Å². The average Bonchev–Trinajstić information content (AvgIpc) is 2.28. The predicted octanol–water partition coefficient (Wildman–Crippen LogP) is 5.84. The van der Waals surface area contributed by atoms with Gasteiger partial charge in [-0.3, -0.25) is 0 Å². The van der Waals surface area contributed by atoms with Crippen LogP contribution >= 0.6 is 27.5 Å². The summed E-state index contributed by atoms with van der Waals surface area (Å²) in [7, 11) is 0. The smallest absolute Gasteiger partial charge is 0.132 e. The van der Waals surface area contributed by atoms with Gasteiger partial charge in [0.2, 0.25) is 0 Å². The lowest BCUT2D eigenvalue weighted by Crippen LogP contribution is -2.19. The molecule has 1 aliphatic carbocycles. The summed E-state index contributed by atoms with van der Waals surface area (Å²) in [5.41, 5.74) is 3.42. The summed E-state index contributed by atoms with van der Waals surface area (Å²) in [6, 6.07) is 4.97. The molecule has 0 nitrogen and oxygen atoms in total. The second-order valence-corrected chi connectivity index (χ2v) is 6.68. The summed E-state index contributed by atoms with van der Waals surface area (Å²) < 4.78 is 14.1. The topological polar surface area (TPSA) is 0 Å². The van der Waals surface area contributed by atoms with E-state index >= 15 is 0 Å². The fourth-order valence-electron chi connectivity index (χ4n) is 2.50. The van der Waals surface area contributed by atoms with Crippen molar-refractivity contribution in [2.24, 2.45) is 5.41 Å². The van der Waals surface area contributed by atoms with Crippen molar-refractivity contribution < 1.29 is 4.39 Å². The van der Waals surface area contributed by atoms with E-state index < -0.39 is 0 Å². The average molecular weight is 332 g/mol. The van der Waals surface area contributed by atoms with Gasteiger partial charge in [0, 0.05) is 15.9 Å². The highest BCUT2D eigenvalue weighted by Crippen LogP contribution is 2.44. The molecular formula is C15H17BrClF. The Morgan fingerprint density at radius 3 is 2.72 bits per heavy atom. The molecule has 1 aliphatic rings. The second kappa shape index (κ2) is 5.34. The minimum atomic E-state index is -0.214. The zero-order valence-corrected chi connectivity index (χ0v) is 13.0. The number of hydrogen-bond donors (Lipinski definition) is 0. The Morgan fingerprint density at radius 2 is 2.11 bits per heavy atom. The quantitative estimate of drug-likeness (QED) is 0.597. The molecule has 1 aromatic rings. The summed E-state index contributed by atoms with van der Waals surface area (Å²) in [4.78, 5) is 0. The zero-order valence-electron chi connectivity index (χ0n) is 10.7. The third-order valence-corrected chi connectivity index (χ3v) is 4.52. The van der Waals surface area contributed by atoms with Crippen molar-refractivity contribution in [1.82, 2.24) is 0 Å². The standard InChI is InChI=1S/C15H17BrClF/c1-15(2)6-5-10(9-16)13(8-15)12-4-3-11(17)7-14(12)18/h3-4,7H,5-6,8-9H2,1-2H3. The molecule has 0 heterocycles. The van der Waals surface area contributed by atoms with Crippen LogP contribution in [0.2, 0.25) is 5.02 Å². The van der Waals surface area contributed by atoms with Gasteiger partial charge in [-0.2, -0.15) is 0 Å². The minimum Gasteiger partial charge on any atom is -0.206 e. The summed E-state index contributed by atoms with van der Waals surface area (Å²) in [6.07, 6.45) is 3.12. The Balaban J connectivity index is 2.48. The van der Waals surface area contributed by atoms with E-state index in [0.717, 1.165) is 30.2 Å². The molecule has 3 heteroatoms. The Hall–Kier alpha value is -0.340. The Morgan fingerprint density at radius 1 is 1.39 bits per heavy atom. The van der Waals surface area contributed by atoms with Crippen LogP contribution < -0.4 is 0 Å². The molecule has 0 saturated heterocycles. The number of hydrogen-bond acceptors (Lipinski definition) is 0. The van der Waals surface area contributed by atoms with Gasteiger partial charge in [-0.05, 0) is 42.4 Å². The Bertz CT molecular complexity index is 491. The van der Waals surface area contributed by atoms with E-state index in [1.807, 2.05) is 0 Å². The first-order chi connectivity index (χ1) is 8.43. The summed E-state index contributed by atoms with van der Waals surface area (Å²) in [5, 5.41) is 1.27. The van der Waals surface area contributed by atoms with Crippen LogP contribution in [0.1, 0.15) is 38.7 Å². The summed E-state index contributed by atoms with van der Waals surface area (Å²) in [6.45, 7) is 4.48. The van der Waals surface area contributed by atoms with Crippen LogP contribution in [0.3, 0.4) is 0 Å². The van der Waals surface area contributed by atoms with Gasteiger partial charge in [-0.1, -0.05) is 53.0 Å². The molecule has 0 bridgehead atoms. The molecule has 0 amide bonds. The highest BCUT2D eigenvalue weighted by atomic mass is 79.9. The van der Waals surface area contributed by atoms with E-state index in [1.54, 1.807) is 12.1 Å². The highest BCUT2D eigenvalue weighted by Gasteiger charge is 2.28. The molecule has 0 radical (unpaired) electrons. The van der Waals surface area contributed by atoms with Gasteiger partial charge in [0.15, 0.2) is 0 Å². The first-order valence-corrected chi connectivity index (χ1v) is 7.65.